The zero-order chi connectivity index (χ0) is 16.4. The van der Waals surface area contributed by atoms with Gasteiger partial charge in [0.05, 0.1) is 9.74 Å². The summed E-state index contributed by atoms with van der Waals surface area (Å²) in [6.07, 6.45) is 3.52. The van der Waals surface area contributed by atoms with Crippen molar-refractivity contribution >= 4 is 34.9 Å². The molecule has 2 aromatic rings. The Kier molecular flexibility index (Phi) is 3.06. The Morgan fingerprint density at radius 3 is 1.62 bits per heavy atom. The molecule has 0 saturated heterocycles. The van der Waals surface area contributed by atoms with Crippen molar-refractivity contribution < 1.29 is 0 Å². The highest BCUT2D eigenvalue weighted by atomic mass is 32.2. The van der Waals surface area contributed by atoms with Crippen molar-refractivity contribution in [2.45, 2.75) is 52.6 Å². The molecule has 124 valence electrons. The van der Waals surface area contributed by atoms with Gasteiger partial charge in [0.15, 0.2) is 0 Å². The lowest BCUT2D eigenvalue weighted by molar-refractivity contribution is 0.189. The summed E-state index contributed by atoms with van der Waals surface area (Å²) in [4.78, 5) is 2.97. The van der Waals surface area contributed by atoms with Gasteiger partial charge in [0.25, 0.3) is 0 Å². The van der Waals surface area contributed by atoms with Gasteiger partial charge in [0.1, 0.15) is 0 Å². The molecule has 0 bridgehead atoms. The van der Waals surface area contributed by atoms with Crippen LogP contribution in [0.5, 0.6) is 0 Å². The SMILES string of the molecule is CC1(C)CC2(CC3(C1)Nc1ccccc1S3)Nc1ccccc1S2. The Balaban J connectivity index is 1.52. The fraction of sp³-hybridized carbons (Fsp3) is 0.400. The quantitative estimate of drug-likeness (QED) is 0.603. The van der Waals surface area contributed by atoms with Crippen LogP contribution in [0.3, 0.4) is 0 Å². The molecule has 2 aliphatic heterocycles. The van der Waals surface area contributed by atoms with E-state index in [0.29, 0.717) is 5.41 Å². The number of para-hydroxylation sites is 2. The fourth-order valence-corrected chi connectivity index (χ4v) is 8.37. The molecule has 2 N–H and O–H groups in total. The molecule has 0 aromatic heterocycles. The number of thioether (sulfide) groups is 2. The summed E-state index contributed by atoms with van der Waals surface area (Å²) in [6.45, 7) is 4.85. The molecule has 1 saturated carbocycles. The third kappa shape index (κ3) is 2.34. The summed E-state index contributed by atoms with van der Waals surface area (Å²) in [5.41, 5.74) is 2.90. The second-order valence-corrected chi connectivity index (χ2v) is 11.0. The van der Waals surface area contributed by atoms with Crippen molar-refractivity contribution in [2.24, 2.45) is 5.41 Å². The molecule has 2 atom stereocenters. The van der Waals surface area contributed by atoms with Crippen molar-refractivity contribution in [2.75, 3.05) is 10.6 Å². The maximum atomic E-state index is 3.89. The average Bonchev–Trinajstić information content (AvgIpc) is 3.00. The molecular weight excluding hydrogens is 332 g/mol. The van der Waals surface area contributed by atoms with Gasteiger partial charge in [0.2, 0.25) is 0 Å². The zero-order valence-corrected chi connectivity index (χ0v) is 15.7. The summed E-state index contributed by atoms with van der Waals surface area (Å²) < 4.78 is 0. The Labute approximate surface area is 152 Å². The van der Waals surface area contributed by atoms with E-state index in [1.54, 1.807) is 0 Å². The maximum absolute atomic E-state index is 3.89. The van der Waals surface area contributed by atoms with E-state index in [4.69, 9.17) is 0 Å². The van der Waals surface area contributed by atoms with Gasteiger partial charge in [-0.25, -0.2) is 0 Å². The molecule has 24 heavy (non-hydrogen) atoms. The van der Waals surface area contributed by atoms with Crippen LogP contribution in [0.15, 0.2) is 58.3 Å². The van der Waals surface area contributed by atoms with Gasteiger partial charge in [-0.1, -0.05) is 61.6 Å². The second-order valence-electron chi connectivity index (χ2n) is 8.13. The van der Waals surface area contributed by atoms with Crippen molar-refractivity contribution in [1.82, 2.24) is 0 Å². The summed E-state index contributed by atoms with van der Waals surface area (Å²) in [5, 5.41) is 7.79. The summed E-state index contributed by atoms with van der Waals surface area (Å²) in [5.74, 6) is 0. The molecule has 5 rings (SSSR count). The Morgan fingerprint density at radius 2 is 1.17 bits per heavy atom. The van der Waals surface area contributed by atoms with E-state index >= 15 is 0 Å². The molecule has 0 radical (unpaired) electrons. The van der Waals surface area contributed by atoms with Gasteiger partial charge in [-0.3, -0.25) is 0 Å². The standard InChI is InChI=1S/C20H22N2S2/c1-18(2)11-19(21-14-7-3-5-9-16(14)23-19)13-20(12-18)22-15-8-4-6-10-17(15)24-20/h3-10,21-22H,11-13H2,1-2H3. The van der Waals surface area contributed by atoms with E-state index in [9.17, 15) is 0 Å². The predicted molar refractivity (Wildman–Crippen MR) is 105 cm³/mol. The van der Waals surface area contributed by atoms with E-state index in [1.165, 1.54) is 34.0 Å². The van der Waals surface area contributed by atoms with E-state index in [1.807, 2.05) is 23.5 Å². The topological polar surface area (TPSA) is 24.1 Å². The van der Waals surface area contributed by atoms with Crippen molar-refractivity contribution in [1.29, 1.82) is 0 Å². The number of benzene rings is 2. The van der Waals surface area contributed by atoms with Crippen LogP contribution in [0.2, 0.25) is 0 Å². The average molecular weight is 355 g/mol. The molecule has 2 heterocycles. The van der Waals surface area contributed by atoms with E-state index < -0.39 is 0 Å². The molecule has 1 aliphatic carbocycles. The second kappa shape index (κ2) is 4.89. The zero-order valence-electron chi connectivity index (χ0n) is 14.1. The fourth-order valence-electron chi connectivity index (χ4n) is 4.80. The number of anilines is 2. The number of hydrogen-bond donors (Lipinski definition) is 2. The highest BCUT2D eigenvalue weighted by molar-refractivity contribution is 8.02. The first-order valence-corrected chi connectivity index (χ1v) is 10.2. The van der Waals surface area contributed by atoms with Crippen LogP contribution in [0.1, 0.15) is 33.1 Å². The highest BCUT2D eigenvalue weighted by Gasteiger charge is 2.56. The molecule has 4 heteroatoms. The summed E-state index contributed by atoms with van der Waals surface area (Å²) in [7, 11) is 0. The van der Waals surface area contributed by atoms with Gasteiger partial charge in [-0.2, -0.15) is 0 Å². The molecule has 3 aliphatic rings. The number of hydrogen-bond acceptors (Lipinski definition) is 4. The Bertz CT molecular complexity index is 699. The minimum atomic E-state index is 0.0908. The molecule has 0 amide bonds. The van der Waals surface area contributed by atoms with Gasteiger partial charge in [-0.15, -0.1) is 0 Å². The van der Waals surface area contributed by atoms with Gasteiger partial charge >= 0.3 is 0 Å². The number of nitrogens with one attached hydrogen (secondary N) is 2. The molecule has 1 fully saturated rings. The third-order valence-corrected chi connectivity index (χ3v) is 7.92. The van der Waals surface area contributed by atoms with Crippen LogP contribution in [-0.4, -0.2) is 9.74 Å². The van der Waals surface area contributed by atoms with Crippen molar-refractivity contribution in [3.8, 4) is 0 Å². The van der Waals surface area contributed by atoms with Crippen LogP contribution in [0.4, 0.5) is 11.4 Å². The smallest absolute Gasteiger partial charge is 0.0916 e. The molecule has 2 spiro atoms. The largest absolute Gasteiger partial charge is 0.369 e. The van der Waals surface area contributed by atoms with Crippen LogP contribution < -0.4 is 10.6 Å². The number of fused-ring (bicyclic) bond motifs is 2. The van der Waals surface area contributed by atoms with Gasteiger partial charge in [-0.05, 0) is 42.5 Å². The predicted octanol–water partition coefficient (Wildman–Crippen LogP) is 6.02. The lowest BCUT2D eigenvalue weighted by Gasteiger charge is -2.51. The molecule has 2 aromatic carbocycles. The minimum Gasteiger partial charge on any atom is -0.369 e. The normalized spacial score (nSPS) is 32.2. The first kappa shape index (κ1) is 15.0. The van der Waals surface area contributed by atoms with E-state index in [0.717, 1.165) is 6.42 Å². The summed E-state index contributed by atoms with van der Waals surface area (Å²) >= 11 is 4.07. The van der Waals surface area contributed by atoms with Crippen molar-refractivity contribution in [3.05, 3.63) is 48.5 Å². The number of rotatable bonds is 0. The van der Waals surface area contributed by atoms with Crippen molar-refractivity contribution in [3.63, 3.8) is 0 Å². The maximum Gasteiger partial charge on any atom is 0.0916 e. The Hall–Kier alpha value is -1.26. The summed E-state index contributed by atoms with van der Waals surface area (Å²) in [6, 6.07) is 17.5. The van der Waals surface area contributed by atoms with Gasteiger partial charge < -0.3 is 10.6 Å². The first-order chi connectivity index (χ1) is 11.5. The minimum absolute atomic E-state index is 0.0908. The van der Waals surface area contributed by atoms with Crippen LogP contribution >= 0.6 is 23.5 Å². The van der Waals surface area contributed by atoms with E-state index in [2.05, 4.69) is 73.0 Å². The first-order valence-electron chi connectivity index (χ1n) is 8.59. The third-order valence-electron chi connectivity index (χ3n) is 5.21. The Morgan fingerprint density at radius 1 is 0.708 bits per heavy atom. The molecule has 2 unspecified atom stereocenters. The molecule has 2 nitrogen and oxygen atoms in total. The van der Waals surface area contributed by atoms with Crippen LogP contribution in [-0.2, 0) is 0 Å². The van der Waals surface area contributed by atoms with E-state index in [-0.39, 0.29) is 9.74 Å². The lowest BCUT2D eigenvalue weighted by atomic mass is 9.71. The van der Waals surface area contributed by atoms with Crippen LogP contribution in [0, 0.1) is 5.41 Å². The highest BCUT2D eigenvalue weighted by Crippen LogP contribution is 2.63. The lowest BCUT2D eigenvalue weighted by Crippen LogP contribution is -2.53. The van der Waals surface area contributed by atoms with Crippen LogP contribution in [0.25, 0.3) is 0 Å². The monoisotopic (exact) mass is 354 g/mol. The molecular formula is C20H22N2S2. The van der Waals surface area contributed by atoms with Gasteiger partial charge in [0, 0.05) is 27.6 Å².